The molecule has 1 heterocycles. The Morgan fingerprint density at radius 1 is 1.15 bits per heavy atom. The highest BCUT2D eigenvalue weighted by Gasteiger charge is 2.34. The van der Waals surface area contributed by atoms with E-state index >= 15 is 0 Å². The molecule has 6 heteroatoms. The standard InChI is InChI=1S/C20H38N4O.HI/c1-2-21-19(22-14-17-8-12-24(15-17)18-6-7-18)23-16-20(11-13-25)9-4-3-5-10-20;/h17-18,25H,2-16H2,1H3,(H2,21,22,23);1H. The zero-order valence-electron chi connectivity index (χ0n) is 16.5. The molecule has 0 amide bonds. The number of aliphatic imine (C=N–C) groups is 1. The second-order valence-electron chi connectivity index (χ2n) is 8.49. The van der Waals surface area contributed by atoms with Crippen LogP contribution < -0.4 is 10.6 Å². The van der Waals surface area contributed by atoms with Crippen molar-refractivity contribution in [3.63, 3.8) is 0 Å². The molecule has 0 aromatic rings. The van der Waals surface area contributed by atoms with E-state index in [0.717, 1.165) is 44.0 Å². The van der Waals surface area contributed by atoms with E-state index in [1.807, 2.05) is 0 Å². The summed E-state index contributed by atoms with van der Waals surface area (Å²) in [6.07, 6.45) is 11.4. The van der Waals surface area contributed by atoms with Crippen LogP contribution >= 0.6 is 24.0 Å². The number of guanidine groups is 1. The number of nitrogens with zero attached hydrogens (tertiary/aromatic N) is 2. The first-order chi connectivity index (χ1) is 12.2. The van der Waals surface area contributed by atoms with Crippen LogP contribution in [0.3, 0.4) is 0 Å². The average molecular weight is 478 g/mol. The molecule has 0 bridgehead atoms. The van der Waals surface area contributed by atoms with Crippen LogP contribution in [0.5, 0.6) is 0 Å². The summed E-state index contributed by atoms with van der Waals surface area (Å²) in [5, 5.41) is 16.5. The summed E-state index contributed by atoms with van der Waals surface area (Å²) >= 11 is 0. The molecule has 2 aliphatic carbocycles. The molecule has 152 valence electrons. The van der Waals surface area contributed by atoms with Gasteiger partial charge in [0.1, 0.15) is 0 Å². The van der Waals surface area contributed by atoms with E-state index in [1.54, 1.807) is 0 Å². The van der Waals surface area contributed by atoms with Crippen LogP contribution in [-0.2, 0) is 0 Å². The zero-order chi connectivity index (χ0) is 17.5. The van der Waals surface area contributed by atoms with E-state index in [4.69, 9.17) is 4.99 Å². The molecular formula is C20H39IN4O. The molecule has 5 nitrogen and oxygen atoms in total. The molecular weight excluding hydrogens is 439 g/mol. The molecule has 1 unspecified atom stereocenters. The van der Waals surface area contributed by atoms with Crippen molar-refractivity contribution in [2.75, 3.05) is 39.3 Å². The number of rotatable bonds is 8. The molecule has 1 aliphatic heterocycles. The van der Waals surface area contributed by atoms with Crippen LogP contribution in [-0.4, -0.2) is 61.3 Å². The van der Waals surface area contributed by atoms with Crippen LogP contribution in [0.4, 0.5) is 0 Å². The predicted octanol–water partition coefficient (Wildman–Crippen LogP) is 2.98. The van der Waals surface area contributed by atoms with E-state index in [2.05, 4.69) is 22.5 Å². The number of halogens is 1. The van der Waals surface area contributed by atoms with Gasteiger partial charge < -0.3 is 20.6 Å². The molecule has 3 N–H and O–H groups in total. The van der Waals surface area contributed by atoms with Crippen LogP contribution in [0.15, 0.2) is 4.99 Å². The zero-order valence-corrected chi connectivity index (χ0v) is 18.8. The number of hydrogen-bond donors (Lipinski definition) is 3. The Hall–Kier alpha value is -0.0800. The van der Waals surface area contributed by atoms with Crippen molar-refractivity contribution in [1.82, 2.24) is 15.5 Å². The van der Waals surface area contributed by atoms with Gasteiger partial charge in [0.15, 0.2) is 5.96 Å². The molecule has 0 aromatic heterocycles. The van der Waals surface area contributed by atoms with Gasteiger partial charge in [-0.3, -0.25) is 4.99 Å². The van der Waals surface area contributed by atoms with Gasteiger partial charge in [-0.25, -0.2) is 0 Å². The highest BCUT2D eigenvalue weighted by atomic mass is 127. The summed E-state index contributed by atoms with van der Waals surface area (Å²) in [7, 11) is 0. The Morgan fingerprint density at radius 2 is 1.92 bits per heavy atom. The minimum Gasteiger partial charge on any atom is -0.396 e. The summed E-state index contributed by atoms with van der Waals surface area (Å²) < 4.78 is 0. The molecule has 3 fully saturated rings. The van der Waals surface area contributed by atoms with Gasteiger partial charge in [-0.2, -0.15) is 0 Å². The summed E-state index contributed by atoms with van der Waals surface area (Å²) in [5.41, 5.74) is 0.228. The second-order valence-corrected chi connectivity index (χ2v) is 8.49. The van der Waals surface area contributed by atoms with Crippen molar-refractivity contribution in [3.05, 3.63) is 0 Å². The van der Waals surface area contributed by atoms with Crippen LogP contribution in [0.1, 0.15) is 64.7 Å². The van der Waals surface area contributed by atoms with Crippen molar-refractivity contribution in [2.45, 2.75) is 70.8 Å². The van der Waals surface area contributed by atoms with Crippen molar-refractivity contribution in [2.24, 2.45) is 16.3 Å². The SMILES string of the molecule is CCNC(=NCC1(CCO)CCCCC1)NCC1CCN(C2CC2)C1.I. The third-order valence-corrected chi connectivity index (χ3v) is 6.41. The van der Waals surface area contributed by atoms with Gasteiger partial charge in [0.25, 0.3) is 0 Å². The molecule has 2 saturated carbocycles. The minimum absolute atomic E-state index is 0. The fourth-order valence-electron chi connectivity index (χ4n) is 4.66. The lowest BCUT2D eigenvalue weighted by atomic mass is 9.72. The number of likely N-dealkylation sites (tertiary alicyclic amines) is 1. The Morgan fingerprint density at radius 3 is 2.58 bits per heavy atom. The van der Waals surface area contributed by atoms with Crippen molar-refractivity contribution >= 4 is 29.9 Å². The van der Waals surface area contributed by atoms with Gasteiger partial charge >= 0.3 is 0 Å². The lowest BCUT2D eigenvalue weighted by Crippen LogP contribution is -2.41. The highest BCUT2D eigenvalue weighted by molar-refractivity contribution is 14.0. The molecule has 26 heavy (non-hydrogen) atoms. The Balaban J connectivity index is 0.00000243. The molecule has 0 radical (unpaired) electrons. The van der Waals surface area contributed by atoms with E-state index < -0.39 is 0 Å². The predicted molar refractivity (Wildman–Crippen MR) is 119 cm³/mol. The molecule has 1 saturated heterocycles. The number of nitrogens with one attached hydrogen (secondary N) is 2. The lowest BCUT2D eigenvalue weighted by molar-refractivity contribution is 0.137. The molecule has 0 aromatic carbocycles. The van der Waals surface area contributed by atoms with Crippen LogP contribution in [0.2, 0.25) is 0 Å². The summed E-state index contributed by atoms with van der Waals surface area (Å²) in [6.45, 7) is 7.74. The topological polar surface area (TPSA) is 59.9 Å². The fraction of sp³-hybridized carbons (Fsp3) is 0.950. The average Bonchev–Trinajstić information content (AvgIpc) is 3.37. The lowest BCUT2D eigenvalue weighted by Gasteiger charge is -2.35. The smallest absolute Gasteiger partial charge is 0.191 e. The second kappa shape index (κ2) is 11.1. The van der Waals surface area contributed by atoms with Crippen LogP contribution in [0.25, 0.3) is 0 Å². The fourth-order valence-corrected chi connectivity index (χ4v) is 4.66. The van der Waals surface area contributed by atoms with Gasteiger partial charge in [-0.1, -0.05) is 19.3 Å². The Labute approximate surface area is 176 Å². The largest absolute Gasteiger partial charge is 0.396 e. The van der Waals surface area contributed by atoms with Gasteiger partial charge in [-0.15, -0.1) is 24.0 Å². The van der Waals surface area contributed by atoms with Gasteiger partial charge in [0.2, 0.25) is 0 Å². The third kappa shape index (κ3) is 6.51. The maximum absolute atomic E-state index is 9.49. The first kappa shape index (κ1) is 22.2. The van der Waals surface area contributed by atoms with E-state index in [0.29, 0.717) is 6.61 Å². The Bertz CT molecular complexity index is 430. The maximum atomic E-state index is 9.49. The van der Waals surface area contributed by atoms with Gasteiger partial charge in [-0.05, 0) is 63.3 Å². The van der Waals surface area contributed by atoms with Crippen molar-refractivity contribution < 1.29 is 5.11 Å². The Kier molecular flexibility index (Phi) is 9.44. The third-order valence-electron chi connectivity index (χ3n) is 6.41. The molecule has 3 aliphatic rings. The first-order valence-electron chi connectivity index (χ1n) is 10.6. The van der Waals surface area contributed by atoms with E-state index in [9.17, 15) is 5.11 Å². The molecule has 0 spiro atoms. The van der Waals surface area contributed by atoms with Gasteiger partial charge in [0, 0.05) is 38.8 Å². The van der Waals surface area contributed by atoms with Crippen molar-refractivity contribution in [3.8, 4) is 0 Å². The minimum atomic E-state index is 0. The van der Waals surface area contributed by atoms with E-state index in [1.165, 1.54) is 64.5 Å². The quantitative estimate of drug-likeness (QED) is 0.285. The summed E-state index contributed by atoms with van der Waals surface area (Å²) in [6, 6.07) is 0.900. The number of aliphatic hydroxyl groups is 1. The summed E-state index contributed by atoms with van der Waals surface area (Å²) in [5.74, 6) is 1.72. The van der Waals surface area contributed by atoms with Crippen LogP contribution in [0, 0.1) is 11.3 Å². The number of hydrogen-bond acceptors (Lipinski definition) is 3. The molecule has 1 atom stereocenters. The first-order valence-corrected chi connectivity index (χ1v) is 10.6. The van der Waals surface area contributed by atoms with Gasteiger partial charge in [0.05, 0.1) is 0 Å². The van der Waals surface area contributed by atoms with E-state index in [-0.39, 0.29) is 29.4 Å². The highest BCUT2D eigenvalue weighted by Crippen LogP contribution is 2.39. The molecule has 3 rings (SSSR count). The van der Waals surface area contributed by atoms with Crippen molar-refractivity contribution in [1.29, 1.82) is 0 Å². The number of aliphatic hydroxyl groups excluding tert-OH is 1. The summed E-state index contributed by atoms with van der Waals surface area (Å²) in [4.78, 5) is 7.60. The monoisotopic (exact) mass is 478 g/mol. The normalized spacial score (nSPS) is 26.4. The maximum Gasteiger partial charge on any atom is 0.191 e.